The summed E-state index contributed by atoms with van der Waals surface area (Å²) in [4.78, 5) is 0. The molecule has 0 saturated heterocycles. The second-order valence-electron chi connectivity index (χ2n) is 4.40. The van der Waals surface area contributed by atoms with Crippen LogP contribution in [0.25, 0.3) is 0 Å². The van der Waals surface area contributed by atoms with Crippen molar-refractivity contribution < 1.29 is 9.47 Å². The highest BCUT2D eigenvalue weighted by atomic mass is 16.5. The maximum Gasteiger partial charge on any atom is 0.161 e. The molecular weight excluding hydrogens is 226 g/mol. The van der Waals surface area contributed by atoms with E-state index in [1.54, 1.807) is 0 Å². The zero-order valence-corrected chi connectivity index (χ0v) is 10.9. The first-order valence-corrected chi connectivity index (χ1v) is 6.63. The molecule has 3 heteroatoms. The fourth-order valence-corrected chi connectivity index (χ4v) is 1.87. The van der Waals surface area contributed by atoms with E-state index in [0.717, 1.165) is 44.0 Å². The van der Waals surface area contributed by atoms with E-state index in [-0.39, 0.29) is 0 Å². The molecule has 0 aliphatic carbocycles. The van der Waals surface area contributed by atoms with Crippen molar-refractivity contribution in [1.82, 2.24) is 5.32 Å². The molecule has 0 atom stereocenters. The van der Waals surface area contributed by atoms with Gasteiger partial charge in [0.1, 0.15) is 6.61 Å². The van der Waals surface area contributed by atoms with Crippen LogP contribution in [-0.4, -0.2) is 26.3 Å². The normalized spacial score (nSPS) is 15.1. The maximum absolute atomic E-state index is 5.85. The molecule has 1 aliphatic rings. The van der Waals surface area contributed by atoms with E-state index in [9.17, 15) is 0 Å². The number of hydrogen-bond donors (Lipinski definition) is 1. The summed E-state index contributed by atoms with van der Waals surface area (Å²) in [6.45, 7) is 5.49. The maximum atomic E-state index is 5.85. The van der Waals surface area contributed by atoms with Crippen molar-refractivity contribution in [2.75, 3.05) is 26.3 Å². The van der Waals surface area contributed by atoms with Gasteiger partial charge in [0.25, 0.3) is 0 Å². The number of rotatable bonds is 6. The van der Waals surface area contributed by atoms with E-state index < -0.39 is 0 Å². The van der Waals surface area contributed by atoms with Gasteiger partial charge in [-0.2, -0.15) is 0 Å². The average Bonchev–Trinajstić information content (AvgIpc) is 2.45. The lowest BCUT2D eigenvalue weighted by Gasteiger charge is -2.16. The quantitative estimate of drug-likeness (QED) is 0.784. The van der Waals surface area contributed by atoms with Crippen molar-refractivity contribution in [2.24, 2.45) is 0 Å². The SMILES string of the molecule is CCCOc1ccccc1OCC1=CCNCC1. The number of para-hydroxylation sites is 2. The largest absolute Gasteiger partial charge is 0.490 e. The molecule has 1 N–H and O–H groups in total. The van der Waals surface area contributed by atoms with Gasteiger partial charge in [-0.3, -0.25) is 0 Å². The molecule has 18 heavy (non-hydrogen) atoms. The summed E-state index contributed by atoms with van der Waals surface area (Å²) >= 11 is 0. The van der Waals surface area contributed by atoms with E-state index in [0.29, 0.717) is 6.61 Å². The van der Waals surface area contributed by atoms with Crippen LogP contribution in [0.15, 0.2) is 35.9 Å². The molecule has 1 heterocycles. The predicted molar refractivity (Wildman–Crippen MR) is 73.3 cm³/mol. The lowest BCUT2D eigenvalue weighted by molar-refractivity contribution is 0.279. The predicted octanol–water partition coefficient (Wildman–Crippen LogP) is 2.77. The number of ether oxygens (including phenoxy) is 2. The average molecular weight is 247 g/mol. The molecule has 0 saturated carbocycles. The van der Waals surface area contributed by atoms with Crippen LogP contribution >= 0.6 is 0 Å². The Morgan fingerprint density at radius 2 is 1.94 bits per heavy atom. The summed E-state index contributed by atoms with van der Waals surface area (Å²) < 4.78 is 11.5. The van der Waals surface area contributed by atoms with Gasteiger partial charge < -0.3 is 14.8 Å². The third-order valence-corrected chi connectivity index (χ3v) is 2.88. The van der Waals surface area contributed by atoms with Gasteiger partial charge in [0, 0.05) is 6.54 Å². The lowest BCUT2D eigenvalue weighted by Crippen LogP contribution is -2.22. The fourth-order valence-electron chi connectivity index (χ4n) is 1.87. The third kappa shape index (κ3) is 3.77. The molecule has 1 aromatic rings. The van der Waals surface area contributed by atoms with Crippen molar-refractivity contribution in [3.63, 3.8) is 0 Å². The highest BCUT2D eigenvalue weighted by Gasteiger charge is 2.07. The van der Waals surface area contributed by atoms with Crippen LogP contribution in [0, 0.1) is 0 Å². The molecule has 2 rings (SSSR count). The molecule has 0 fully saturated rings. The van der Waals surface area contributed by atoms with Crippen LogP contribution < -0.4 is 14.8 Å². The summed E-state index contributed by atoms with van der Waals surface area (Å²) in [5.74, 6) is 1.68. The summed E-state index contributed by atoms with van der Waals surface area (Å²) in [7, 11) is 0. The number of hydrogen-bond acceptors (Lipinski definition) is 3. The van der Waals surface area contributed by atoms with E-state index in [2.05, 4.69) is 18.3 Å². The van der Waals surface area contributed by atoms with Crippen molar-refractivity contribution in [3.8, 4) is 11.5 Å². The van der Waals surface area contributed by atoms with Gasteiger partial charge in [0.2, 0.25) is 0 Å². The lowest BCUT2D eigenvalue weighted by atomic mass is 10.1. The third-order valence-electron chi connectivity index (χ3n) is 2.88. The standard InChI is InChI=1S/C15H21NO2/c1-2-11-17-14-5-3-4-6-15(14)18-12-13-7-9-16-10-8-13/h3-7,16H,2,8-12H2,1H3. The molecule has 0 bridgehead atoms. The Morgan fingerprint density at radius 1 is 1.17 bits per heavy atom. The summed E-state index contributed by atoms with van der Waals surface area (Å²) in [6.07, 6.45) is 4.28. The van der Waals surface area contributed by atoms with E-state index >= 15 is 0 Å². The minimum absolute atomic E-state index is 0.661. The molecule has 0 amide bonds. The molecule has 0 unspecified atom stereocenters. The first-order chi connectivity index (χ1) is 8.90. The van der Waals surface area contributed by atoms with Crippen LogP contribution in [0.3, 0.4) is 0 Å². The molecule has 0 radical (unpaired) electrons. The monoisotopic (exact) mass is 247 g/mol. The Balaban J connectivity index is 1.93. The van der Waals surface area contributed by atoms with Crippen LogP contribution in [0.4, 0.5) is 0 Å². The van der Waals surface area contributed by atoms with E-state index in [1.165, 1.54) is 5.57 Å². The van der Waals surface area contributed by atoms with Crippen molar-refractivity contribution >= 4 is 0 Å². The first kappa shape index (κ1) is 13.0. The van der Waals surface area contributed by atoms with Gasteiger partial charge in [-0.25, -0.2) is 0 Å². The highest BCUT2D eigenvalue weighted by Crippen LogP contribution is 2.27. The zero-order chi connectivity index (χ0) is 12.6. The van der Waals surface area contributed by atoms with Gasteiger partial charge in [0.05, 0.1) is 6.61 Å². The highest BCUT2D eigenvalue weighted by molar-refractivity contribution is 5.39. The number of nitrogens with one attached hydrogen (secondary N) is 1. The molecular formula is C15H21NO2. The molecule has 3 nitrogen and oxygen atoms in total. The molecule has 0 aromatic heterocycles. The van der Waals surface area contributed by atoms with E-state index in [4.69, 9.17) is 9.47 Å². The van der Waals surface area contributed by atoms with Gasteiger partial charge in [-0.15, -0.1) is 0 Å². The molecule has 0 spiro atoms. The molecule has 98 valence electrons. The minimum Gasteiger partial charge on any atom is -0.490 e. The van der Waals surface area contributed by atoms with Crippen LogP contribution in [0.2, 0.25) is 0 Å². The summed E-state index contributed by atoms with van der Waals surface area (Å²) in [5, 5.41) is 3.30. The van der Waals surface area contributed by atoms with Crippen LogP contribution in [0.5, 0.6) is 11.5 Å². The van der Waals surface area contributed by atoms with Crippen LogP contribution in [0.1, 0.15) is 19.8 Å². The van der Waals surface area contributed by atoms with Gasteiger partial charge >= 0.3 is 0 Å². The molecule has 1 aromatic carbocycles. The van der Waals surface area contributed by atoms with Gasteiger partial charge in [-0.1, -0.05) is 25.1 Å². The second kappa shape index (κ2) is 7.07. The minimum atomic E-state index is 0.661. The Bertz CT molecular complexity index is 401. The smallest absolute Gasteiger partial charge is 0.161 e. The van der Waals surface area contributed by atoms with Crippen molar-refractivity contribution in [3.05, 3.63) is 35.9 Å². The van der Waals surface area contributed by atoms with E-state index in [1.807, 2.05) is 24.3 Å². The zero-order valence-electron chi connectivity index (χ0n) is 10.9. The molecule has 1 aliphatic heterocycles. The van der Waals surface area contributed by atoms with Gasteiger partial charge in [-0.05, 0) is 37.1 Å². The Labute approximate surface area is 109 Å². The topological polar surface area (TPSA) is 30.5 Å². The second-order valence-corrected chi connectivity index (χ2v) is 4.40. The van der Waals surface area contributed by atoms with Gasteiger partial charge in [0.15, 0.2) is 11.5 Å². The number of benzene rings is 1. The fraction of sp³-hybridized carbons (Fsp3) is 0.467. The Hall–Kier alpha value is -1.48. The van der Waals surface area contributed by atoms with Crippen LogP contribution in [-0.2, 0) is 0 Å². The summed E-state index contributed by atoms with van der Waals surface area (Å²) in [5.41, 5.74) is 1.36. The summed E-state index contributed by atoms with van der Waals surface area (Å²) in [6, 6.07) is 7.88. The Morgan fingerprint density at radius 3 is 2.61 bits per heavy atom. The Kier molecular flexibility index (Phi) is 5.09. The van der Waals surface area contributed by atoms with Crippen molar-refractivity contribution in [1.29, 1.82) is 0 Å². The van der Waals surface area contributed by atoms with Crippen molar-refractivity contribution in [2.45, 2.75) is 19.8 Å². The first-order valence-electron chi connectivity index (χ1n) is 6.63.